The lowest BCUT2D eigenvalue weighted by molar-refractivity contribution is -0.189. The molecule has 0 amide bonds. The van der Waals surface area contributed by atoms with Crippen LogP contribution in [0.5, 0.6) is 0 Å². The van der Waals surface area contributed by atoms with Gasteiger partial charge >= 0.3 is 6.18 Å². The number of halogens is 3. The van der Waals surface area contributed by atoms with Crippen molar-refractivity contribution in [2.24, 2.45) is 17.8 Å². The Balaban J connectivity index is 1.53. The number of rotatable bonds is 2. The van der Waals surface area contributed by atoms with Crippen molar-refractivity contribution in [3.63, 3.8) is 0 Å². The molecule has 1 N–H and O–H groups in total. The zero-order valence-electron chi connectivity index (χ0n) is 12.4. The molecule has 3 fully saturated rings. The molecular formula is C16H25F3O2. The zero-order valence-corrected chi connectivity index (χ0v) is 12.4. The van der Waals surface area contributed by atoms with Crippen LogP contribution in [-0.4, -0.2) is 29.6 Å². The van der Waals surface area contributed by atoms with Crippen LogP contribution in [0.25, 0.3) is 0 Å². The highest BCUT2D eigenvalue weighted by Crippen LogP contribution is 2.47. The van der Waals surface area contributed by atoms with Crippen LogP contribution in [0.2, 0.25) is 0 Å². The van der Waals surface area contributed by atoms with E-state index in [1.165, 1.54) is 6.42 Å². The van der Waals surface area contributed by atoms with Crippen LogP contribution in [0.3, 0.4) is 0 Å². The average molecular weight is 306 g/mol. The summed E-state index contributed by atoms with van der Waals surface area (Å²) in [6, 6.07) is 0. The smallest absolute Gasteiger partial charge is 0.391 e. The van der Waals surface area contributed by atoms with Gasteiger partial charge in [-0.1, -0.05) is 0 Å². The maximum atomic E-state index is 12.7. The summed E-state index contributed by atoms with van der Waals surface area (Å²) >= 11 is 0. The van der Waals surface area contributed by atoms with Crippen molar-refractivity contribution in [1.82, 2.24) is 0 Å². The summed E-state index contributed by atoms with van der Waals surface area (Å²) in [5.41, 5.74) is -0.00688. The van der Waals surface area contributed by atoms with Crippen LogP contribution in [0, 0.1) is 17.8 Å². The van der Waals surface area contributed by atoms with Crippen molar-refractivity contribution < 1.29 is 23.0 Å². The van der Waals surface area contributed by atoms with E-state index in [4.69, 9.17) is 4.74 Å². The summed E-state index contributed by atoms with van der Waals surface area (Å²) < 4.78 is 44.0. The number of hydrogen-bond donors (Lipinski definition) is 1. The fourth-order valence-electron chi connectivity index (χ4n) is 4.45. The summed E-state index contributed by atoms with van der Waals surface area (Å²) in [7, 11) is 0. The van der Waals surface area contributed by atoms with Gasteiger partial charge in [0.1, 0.15) is 0 Å². The molecule has 0 aromatic carbocycles. The molecule has 122 valence electrons. The van der Waals surface area contributed by atoms with Crippen molar-refractivity contribution in [2.75, 3.05) is 6.61 Å². The average Bonchev–Trinajstić information content (AvgIpc) is 2.44. The molecule has 2 aliphatic carbocycles. The summed E-state index contributed by atoms with van der Waals surface area (Å²) in [6.07, 6.45) is 1.97. The van der Waals surface area contributed by atoms with E-state index in [9.17, 15) is 18.3 Å². The highest BCUT2D eigenvalue weighted by Gasteiger charge is 2.47. The molecule has 2 nitrogen and oxygen atoms in total. The number of hydrogen-bond acceptors (Lipinski definition) is 2. The SMILES string of the molecule is OC(C1CCC(C(F)(F)F)CC1)C1CCOC2(CCC2)C1. The second-order valence-electron chi connectivity index (χ2n) is 7.28. The summed E-state index contributed by atoms with van der Waals surface area (Å²) in [6.45, 7) is 0.694. The Morgan fingerprint density at radius 1 is 1.00 bits per heavy atom. The lowest BCUT2D eigenvalue weighted by Gasteiger charge is -2.49. The van der Waals surface area contributed by atoms with Crippen molar-refractivity contribution in [3.05, 3.63) is 0 Å². The molecule has 21 heavy (non-hydrogen) atoms. The number of aliphatic hydroxyl groups is 1. The molecule has 1 aliphatic heterocycles. The Hall–Kier alpha value is -0.290. The fourth-order valence-corrected chi connectivity index (χ4v) is 4.45. The van der Waals surface area contributed by atoms with Crippen molar-refractivity contribution in [1.29, 1.82) is 0 Å². The first-order valence-electron chi connectivity index (χ1n) is 8.28. The molecule has 0 aromatic rings. The second-order valence-corrected chi connectivity index (χ2v) is 7.28. The monoisotopic (exact) mass is 306 g/mol. The molecule has 0 aromatic heterocycles. The van der Waals surface area contributed by atoms with E-state index in [2.05, 4.69) is 0 Å². The Labute approximate surface area is 124 Å². The van der Waals surface area contributed by atoms with E-state index < -0.39 is 18.2 Å². The third kappa shape index (κ3) is 3.24. The summed E-state index contributed by atoms with van der Waals surface area (Å²) in [4.78, 5) is 0. The summed E-state index contributed by atoms with van der Waals surface area (Å²) in [5.74, 6) is -0.899. The number of ether oxygens (including phenoxy) is 1. The van der Waals surface area contributed by atoms with Crippen molar-refractivity contribution in [2.45, 2.75) is 75.7 Å². The normalized spacial score (nSPS) is 38.0. The van der Waals surface area contributed by atoms with Crippen molar-refractivity contribution >= 4 is 0 Å². The summed E-state index contributed by atoms with van der Waals surface area (Å²) in [5, 5.41) is 10.6. The standard InChI is InChI=1S/C16H25F3O2/c17-16(18,19)13-4-2-11(3-5-13)14(20)12-6-9-21-15(10-12)7-1-8-15/h11-14,20H,1-10H2. The van der Waals surface area contributed by atoms with E-state index in [0.29, 0.717) is 19.4 Å². The van der Waals surface area contributed by atoms with Crippen LogP contribution >= 0.6 is 0 Å². The Morgan fingerprint density at radius 2 is 1.67 bits per heavy atom. The van der Waals surface area contributed by atoms with Gasteiger partial charge in [0, 0.05) is 6.61 Å². The van der Waals surface area contributed by atoms with Crippen molar-refractivity contribution in [3.8, 4) is 0 Å². The topological polar surface area (TPSA) is 29.5 Å². The quantitative estimate of drug-likeness (QED) is 0.833. The highest BCUT2D eigenvalue weighted by molar-refractivity contribution is 4.96. The molecule has 0 bridgehead atoms. The molecule has 1 saturated heterocycles. The Kier molecular flexibility index (Phi) is 4.25. The van der Waals surface area contributed by atoms with E-state index in [1.807, 2.05) is 0 Å². The van der Waals surface area contributed by atoms with Gasteiger partial charge in [0.15, 0.2) is 0 Å². The molecule has 1 heterocycles. The molecule has 1 spiro atoms. The zero-order chi connectivity index (χ0) is 15.1. The second kappa shape index (κ2) is 5.73. The number of aliphatic hydroxyl groups excluding tert-OH is 1. The maximum Gasteiger partial charge on any atom is 0.391 e. The van der Waals surface area contributed by atoms with Gasteiger partial charge in [-0.25, -0.2) is 0 Å². The molecule has 2 saturated carbocycles. The fraction of sp³-hybridized carbons (Fsp3) is 1.00. The van der Waals surface area contributed by atoms with Gasteiger partial charge in [-0.05, 0) is 69.6 Å². The van der Waals surface area contributed by atoms with Gasteiger partial charge in [0.25, 0.3) is 0 Å². The van der Waals surface area contributed by atoms with Crippen LogP contribution in [0.4, 0.5) is 13.2 Å². The van der Waals surface area contributed by atoms with Gasteiger partial charge in [0.2, 0.25) is 0 Å². The lowest BCUT2D eigenvalue weighted by Crippen LogP contribution is -2.49. The molecular weight excluding hydrogens is 281 g/mol. The van der Waals surface area contributed by atoms with Crippen LogP contribution in [0.15, 0.2) is 0 Å². The van der Waals surface area contributed by atoms with Crippen LogP contribution in [-0.2, 0) is 4.74 Å². The first kappa shape index (κ1) is 15.6. The van der Waals surface area contributed by atoms with E-state index in [1.54, 1.807) is 0 Å². The number of alkyl halides is 3. The molecule has 2 unspecified atom stereocenters. The van der Waals surface area contributed by atoms with E-state index in [0.717, 1.165) is 25.7 Å². The Morgan fingerprint density at radius 3 is 2.19 bits per heavy atom. The minimum atomic E-state index is -4.06. The van der Waals surface area contributed by atoms with E-state index >= 15 is 0 Å². The largest absolute Gasteiger partial charge is 0.393 e. The maximum absolute atomic E-state index is 12.7. The molecule has 5 heteroatoms. The first-order valence-corrected chi connectivity index (χ1v) is 8.28. The van der Waals surface area contributed by atoms with Gasteiger partial charge in [-0.2, -0.15) is 13.2 Å². The van der Waals surface area contributed by atoms with Gasteiger partial charge in [0.05, 0.1) is 17.6 Å². The van der Waals surface area contributed by atoms with Gasteiger partial charge in [-0.3, -0.25) is 0 Å². The first-order chi connectivity index (χ1) is 9.90. The minimum absolute atomic E-state index is 0.00688. The predicted molar refractivity (Wildman–Crippen MR) is 72.8 cm³/mol. The van der Waals surface area contributed by atoms with Crippen LogP contribution < -0.4 is 0 Å². The highest BCUT2D eigenvalue weighted by atomic mass is 19.4. The molecule has 2 atom stereocenters. The molecule has 3 rings (SSSR count). The van der Waals surface area contributed by atoms with E-state index in [-0.39, 0.29) is 30.3 Å². The third-order valence-electron chi connectivity index (χ3n) is 6.00. The minimum Gasteiger partial charge on any atom is -0.393 e. The molecule has 0 radical (unpaired) electrons. The molecule has 3 aliphatic rings. The lowest BCUT2D eigenvalue weighted by atomic mass is 9.67. The third-order valence-corrected chi connectivity index (χ3v) is 6.00. The van der Waals surface area contributed by atoms with Gasteiger partial charge < -0.3 is 9.84 Å². The predicted octanol–water partition coefficient (Wildman–Crippen LogP) is 4.07. The van der Waals surface area contributed by atoms with Gasteiger partial charge in [-0.15, -0.1) is 0 Å². The Bertz CT molecular complexity index is 357. The van der Waals surface area contributed by atoms with Crippen LogP contribution in [0.1, 0.15) is 57.8 Å².